The maximum absolute atomic E-state index is 11.9. The summed E-state index contributed by atoms with van der Waals surface area (Å²) >= 11 is 9.40. The van der Waals surface area contributed by atoms with E-state index in [1.54, 1.807) is 30.3 Å². The Morgan fingerprint density at radius 3 is 2.73 bits per heavy atom. The first kappa shape index (κ1) is 18.3. The highest BCUT2D eigenvalue weighted by atomic mass is 79.9. The van der Waals surface area contributed by atoms with E-state index in [1.807, 2.05) is 12.1 Å². The number of carbonyl (C=O) groups is 2. The van der Waals surface area contributed by atoms with Gasteiger partial charge in [-0.15, -0.1) is 0 Å². The van der Waals surface area contributed by atoms with Crippen molar-refractivity contribution >= 4 is 51.1 Å². The maximum atomic E-state index is 11.9. The van der Waals surface area contributed by atoms with Crippen LogP contribution in [0.5, 0.6) is 11.5 Å². The summed E-state index contributed by atoms with van der Waals surface area (Å²) in [5.41, 5.74) is 1.34. The Hall–Kier alpha value is -2.51. The van der Waals surface area contributed by atoms with Gasteiger partial charge in [0.15, 0.2) is 11.5 Å². The van der Waals surface area contributed by atoms with Gasteiger partial charge in [0.1, 0.15) is 0 Å². The smallest absolute Gasteiger partial charge is 0.244 e. The fourth-order valence-corrected chi connectivity index (χ4v) is 2.76. The normalized spacial score (nSPS) is 12.2. The summed E-state index contributed by atoms with van der Waals surface area (Å²) in [7, 11) is 0. The second-order valence-electron chi connectivity index (χ2n) is 5.34. The molecule has 0 saturated carbocycles. The molecule has 8 heteroatoms. The molecule has 0 aromatic heterocycles. The third kappa shape index (κ3) is 4.77. The zero-order chi connectivity index (χ0) is 18.5. The van der Waals surface area contributed by atoms with Crippen molar-refractivity contribution < 1.29 is 19.1 Å². The van der Waals surface area contributed by atoms with Crippen LogP contribution in [0.2, 0.25) is 5.02 Å². The minimum atomic E-state index is -0.398. The Bertz CT molecular complexity index is 868. The van der Waals surface area contributed by atoms with Crippen molar-refractivity contribution in [3.63, 3.8) is 0 Å². The summed E-state index contributed by atoms with van der Waals surface area (Å²) in [4.78, 5) is 23.7. The van der Waals surface area contributed by atoms with E-state index < -0.39 is 5.91 Å². The van der Waals surface area contributed by atoms with E-state index in [1.165, 1.54) is 6.08 Å². The predicted octanol–water partition coefficient (Wildman–Crippen LogP) is 3.60. The molecule has 0 bridgehead atoms. The SMILES string of the molecule is O=C(C=Cc1cc(Cl)c2c(c1)OCO2)NCC(=O)Nc1ccc(Br)cc1. The molecule has 0 fully saturated rings. The van der Waals surface area contributed by atoms with Crippen LogP contribution in [-0.4, -0.2) is 25.2 Å². The van der Waals surface area contributed by atoms with E-state index in [-0.39, 0.29) is 19.2 Å². The lowest BCUT2D eigenvalue weighted by Crippen LogP contribution is -2.31. The molecule has 0 radical (unpaired) electrons. The van der Waals surface area contributed by atoms with Crippen LogP contribution in [0, 0.1) is 0 Å². The first-order chi connectivity index (χ1) is 12.5. The van der Waals surface area contributed by atoms with E-state index in [0.717, 1.165) is 4.47 Å². The molecule has 2 amide bonds. The van der Waals surface area contributed by atoms with Gasteiger partial charge in [-0.3, -0.25) is 9.59 Å². The van der Waals surface area contributed by atoms with Gasteiger partial charge in [-0.25, -0.2) is 0 Å². The second kappa shape index (κ2) is 8.25. The molecule has 26 heavy (non-hydrogen) atoms. The van der Waals surface area contributed by atoms with E-state index >= 15 is 0 Å². The number of halogens is 2. The van der Waals surface area contributed by atoms with Gasteiger partial charge in [-0.1, -0.05) is 27.5 Å². The third-order valence-corrected chi connectivity index (χ3v) is 4.24. The first-order valence-corrected chi connectivity index (χ1v) is 8.79. The Labute approximate surface area is 163 Å². The molecule has 1 aliphatic rings. The summed E-state index contributed by atoms with van der Waals surface area (Å²) in [5, 5.41) is 5.61. The molecule has 1 heterocycles. The second-order valence-corrected chi connectivity index (χ2v) is 6.67. The van der Waals surface area contributed by atoms with Crippen LogP contribution < -0.4 is 20.1 Å². The third-order valence-electron chi connectivity index (χ3n) is 3.43. The van der Waals surface area contributed by atoms with Crippen LogP contribution in [0.1, 0.15) is 5.56 Å². The van der Waals surface area contributed by atoms with Gasteiger partial charge in [0.2, 0.25) is 18.6 Å². The predicted molar refractivity (Wildman–Crippen MR) is 102 cm³/mol. The van der Waals surface area contributed by atoms with Gasteiger partial charge < -0.3 is 20.1 Å². The van der Waals surface area contributed by atoms with Crippen molar-refractivity contribution in [2.45, 2.75) is 0 Å². The fourth-order valence-electron chi connectivity index (χ4n) is 2.22. The first-order valence-electron chi connectivity index (χ1n) is 7.62. The van der Waals surface area contributed by atoms with Crippen LogP contribution in [-0.2, 0) is 9.59 Å². The molecule has 0 aliphatic carbocycles. The van der Waals surface area contributed by atoms with E-state index in [4.69, 9.17) is 21.1 Å². The molecule has 1 aliphatic heterocycles. The number of hydrogen-bond donors (Lipinski definition) is 2. The molecule has 0 unspecified atom stereocenters. The molecule has 2 aromatic rings. The Kier molecular flexibility index (Phi) is 5.80. The molecular weight excluding hydrogens is 424 g/mol. The van der Waals surface area contributed by atoms with Gasteiger partial charge in [-0.2, -0.15) is 0 Å². The molecule has 0 spiro atoms. The standard InChI is InChI=1S/C18H14BrClN2O4/c19-12-2-4-13(5-3-12)22-17(24)9-21-16(23)6-1-11-7-14(20)18-15(8-11)25-10-26-18/h1-8H,9-10H2,(H,21,23)(H,22,24). The monoisotopic (exact) mass is 436 g/mol. The van der Waals surface area contributed by atoms with Crippen molar-refractivity contribution in [1.82, 2.24) is 5.32 Å². The lowest BCUT2D eigenvalue weighted by atomic mass is 10.2. The highest BCUT2D eigenvalue weighted by Crippen LogP contribution is 2.40. The molecule has 0 atom stereocenters. The molecule has 134 valence electrons. The molecule has 2 aromatic carbocycles. The number of fused-ring (bicyclic) bond motifs is 1. The van der Waals surface area contributed by atoms with Gasteiger partial charge >= 0.3 is 0 Å². The minimum Gasteiger partial charge on any atom is -0.454 e. The number of nitrogens with one attached hydrogen (secondary N) is 2. The van der Waals surface area contributed by atoms with Crippen molar-refractivity contribution in [2.24, 2.45) is 0 Å². The number of ether oxygens (including phenoxy) is 2. The Morgan fingerprint density at radius 2 is 1.96 bits per heavy atom. The number of rotatable bonds is 5. The largest absolute Gasteiger partial charge is 0.454 e. The van der Waals surface area contributed by atoms with Gasteiger partial charge in [0.25, 0.3) is 0 Å². The molecule has 0 saturated heterocycles. The number of hydrogen-bond acceptors (Lipinski definition) is 4. The molecule has 6 nitrogen and oxygen atoms in total. The number of carbonyl (C=O) groups excluding carboxylic acids is 2. The zero-order valence-electron chi connectivity index (χ0n) is 13.4. The average molecular weight is 438 g/mol. The maximum Gasteiger partial charge on any atom is 0.244 e. The molecular formula is C18H14BrClN2O4. The van der Waals surface area contributed by atoms with Crippen molar-refractivity contribution in [2.75, 3.05) is 18.7 Å². The van der Waals surface area contributed by atoms with E-state index in [2.05, 4.69) is 26.6 Å². The van der Waals surface area contributed by atoms with Crippen LogP contribution in [0.3, 0.4) is 0 Å². The minimum absolute atomic E-state index is 0.121. The molecule has 2 N–H and O–H groups in total. The Morgan fingerprint density at radius 1 is 1.19 bits per heavy atom. The van der Waals surface area contributed by atoms with Crippen molar-refractivity contribution in [1.29, 1.82) is 0 Å². The highest BCUT2D eigenvalue weighted by Gasteiger charge is 2.17. The van der Waals surface area contributed by atoms with E-state index in [9.17, 15) is 9.59 Å². The van der Waals surface area contributed by atoms with Crippen LogP contribution in [0.4, 0.5) is 5.69 Å². The van der Waals surface area contributed by atoms with Gasteiger partial charge in [0, 0.05) is 16.2 Å². The topological polar surface area (TPSA) is 76.7 Å². The van der Waals surface area contributed by atoms with Crippen LogP contribution in [0.15, 0.2) is 46.9 Å². The number of benzene rings is 2. The fraction of sp³-hybridized carbons (Fsp3) is 0.111. The molecule has 3 rings (SSSR count). The van der Waals surface area contributed by atoms with Crippen molar-refractivity contribution in [3.05, 3.63) is 57.5 Å². The highest BCUT2D eigenvalue weighted by molar-refractivity contribution is 9.10. The van der Waals surface area contributed by atoms with Crippen molar-refractivity contribution in [3.8, 4) is 11.5 Å². The average Bonchev–Trinajstić information content (AvgIpc) is 3.09. The summed E-state index contributed by atoms with van der Waals surface area (Å²) in [6, 6.07) is 10.5. The lowest BCUT2D eigenvalue weighted by molar-refractivity contribution is -0.121. The number of amides is 2. The summed E-state index contributed by atoms with van der Waals surface area (Å²) in [5.74, 6) is 0.314. The van der Waals surface area contributed by atoms with E-state index in [0.29, 0.717) is 27.8 Å². The Balaban J connectivity index is 1.51. The zero-order valence-corrected chi connectivity index (χ0v) is 15.8. The van der Waals surface area contributed by atoms with Gasteiger partial charge in [-0.05, 0) is 48.0 Å². The van der Waals surface area contributed by atoms with Gasteiger partial charge in [0.05, 0.1) is 11.6 Å². The lowest BCUT2D eigenvalue weighted by Gasteiger charge is -2.06. The summed E-state index contributed by atoms with van der Waals surface area (Å²) in [6.07, 6.45) is 2.90. The van der Waals surface area contributed by atoms with Crippen LogP contribution in [0.25, 0.3) is 6.08 Å². The van der Waals surface area contributed by atoms with Crippen LogP contribution >= 0.6 is 27.5 Å². The summed E-state index contributed by atoms with van der Waals surface area (Å²) < 4.78 is 11.4. The number of anilines is 1. The quantitative estimate of drug-likeness (QED) is 0.701. The summed E-state index contributed by atoms with van der Waals surface area (Å²) in [6.45, 7) is -0.0165.